The Labute approximate surface area is 200 Å². The zero-order valence-electron chi connectivity index (χ0n) is 20.2. The number of aliphatic hydroxyl groups is 1. The maximum Gasteiger partial charge on any atom is 0.295 e. The van der Waals surface area contributed by atoms with Crippen LogP contribution in [0.3, 0.4) is 0 Å². The minimum Gasteiger partial charge on any atom is -0.507 e. The zero-order valence-corrected chi connectivity index (χ0v) is 20.2. The van der Waals surface area contributed by atoms with Gasteiger partial charge in [-0.05, 0) is 69.4 Å². The standard InChI is InChI=1S/C27H32N2O5/c1-6-16-34-20-10-8-19(9-11-20)24-23(26(31)27(32)29(24)15-14-28(4)5)25(30)22-13-12-21(33-7-2)17-18(22)3/h6,8-13,17,24,30H,1,7,14-16H2,2-5H3/t24-/m1/s1. The summed E-state index contributed by atoms with van der Waals surface area (Å²) in [6, 6.07) is 11.8. The summed E-state index contributed by atoms with van der Waals surface area (Å²) in [5.41, 5.74) is 2.03. The number of carbonyl (C=O) groups excluding carboxylic acids is 2. The lowest BCUT2D eigenvalue weighted by Crippen LogP contribution is -2.35. The molecule has 0 bridgehead atoms. The second-order valence-electron chi connectivity index (χ2n) is 8.37. The first-order chi connectivity index (χ1) is 16.3. The summed E-state index contributed by atoms with van der Waals surface area (Å²) in [5.74, 6) is -0.181. The molecular formula is C27H32N2O5. The maximum absolute atomic E-state index is 13.2. The second-order valence-corrected chi connectivity index (χ2v) is 8.37. The number of aliphatic hydroxyl groups excluding tert-OH is 1. The van der Waals surface area contributed by atoms with Crippen molar-refractivity contribution in [2.24, 2.45) is 0 Å². The number of hydrogen-bond donors (Lipinski definition) is 1. The van der Waals surface area contributed by atoms with Crippen LogP contribution in [0.1, 0.15) is 29.7 Å². The molecule has 1 saturated heterocycles. The number of carbonyl (C=O) groups is 2. The van der Waals surface area contributed by atoms with Gasteiger partial charge in [0.05, 0.1) is 18.2 Å². The Morgan fingerprint density at radius 3 is 2.38 bits per heavy atom. The molecule has 34 heavy (non-hydrogen) atoms. The van der Waals surface area contributed by atoms with Crippen LogP contribution in [0, 0.1) is 6.92 Å². The van der Waals surface area contributed by atoms with Crippen LogP contribution in [-0.4, -0.2) is 67.0 Å². The summed E-state index contributed by atoms with van der Waals surface area (Å²) >= 11 is 0. The molecule has 1 atom stereocenters. The Bertz CT molecular complexity index is 1090. The third kappa shape index (κ3) is 5.31. The maximum atomic E-state index is 13.2. The highest BCUT2D eigenvalue weighted by molar-refractivity contribution is 6.46. The van der Waals surface area contributed by atoms with Gasteiger partial charge >= 0.3 is 0 Å². The fourth-order valence-electron chi connectivity index (χ4n) is 3.97. The molecule has 2 aromatic rings. The van der Waals surface area contributed by atoms with Gasteiger partial charge in [-0.25, -0.2) is 0 Å². The molecule has 180 valence electrons. The first kappa shape index (κ1) is 25.1. The van der Waals surface area contributed by atoms with E-state index in [1.165, 1.54) is 4.90 Å². The molecule has 0 spiro atoms. The average Bonchev–Trinajstić information content (AvgIpc) is 3.06. The number of hydrogen-bond acceptors (Lipinski definition) is 6. The van der Waals surface area contributed by atoms with Crippen molar-refractivity contribution >= 4 is 17.4 Å². The largest absolute Gasteiger partial charge is 0.507 e. The number of nitrogens with zero attached hydrogens (tertiary/aromatic N) is 2. The van der Waals surface area contributed by atoms with Crippen molar-refractivity contribution in [1.29, 1.82) is 0 Å². The summed E-state index contributed by atoms with van der Waals surface area (Å²) in [6.07, 6.45) is 1.66. The van der Waals surface area contributed by atoms with Crippen molar-refractivity contribution in [2.75, 3.05) is 40.4 Å². The van der Waals surface area contributed by atoms with Crippen molar-refractivity contribution in [1.82, 2.24) is 9.80 Å². The molecule has 0 radical (unpaired) electrons. The van der Waals surface area contributed by atoms with E-state index < -0.39 is 17.7 Å². The van der Waals surface area contributed by atoms with Crippen molar-refractivity contribution in [3.63, 3.8) is 0 Å². The molecule has 1 amide bonds. The van der Waals surface area contributed by atoms with Gasteiger partial charge in [0.15, 0.2) is 0 Å². The number of rotatable bonds is 10. The lowest BCUT2D eigenvalue weighted by Gasteiger charge is -2.26. The highest BCUT2D eigenvalue weighted by atomic mass is 16.5. The lowest BCUT2D eigenvalue weighted by molar-refractivity contribution is -0.140. The molecule has 1 heterocycles. The Hall–Kier alpha value is -3.58. The minimum atomic E-state index is -0.709. The molecule has 1 aliphatic heterocycles. The number of ketones is 1. The van der Waals surface area contributed by atoms with E-state index >= 15 is 0 Å². The summed E-state index contributed by atoms with van der Waals surface area (Å²) in [6.45, 7) is 9.19. The van der Waals surface area contributed by atoms with Crippen LogP contribution in [0.25, 0.3) is 5.76 Å². The first-order valence-corrected chi connectivity index (χ1v) is 11.3. The number of amides is 1. The second kappa shape index (κ2) is 11.0. The number of likely N-dealkylation sites (tertiary alicyclic amines) is 1. The molecule has 1 N–H and O–H groups in total. The number of aryl methyl sites for hydroxylation is 1. The lowest BCUT2D eigenvalue weighted by atomic mass is 9.94. The minimum absolute atomic E-state index is 0.0794. The molecule has 0 saturated carbocycles. The predicted molar refractivity (Wildman–Crippen MR) is 132 cm³/mol. The van der Waals surface area contributed by atoms with Crippen LogP contribution >= 0.6 is 0 Å². The molecule has 2 aromatic carbocycles. The van der Waals surface area contributed by atoms with Gasteiger partial charge in [0.25, 0.3) is 11.7 Å². The van der Waals surface area contributed by atoms with Gasteiger partial charge < -0.3 is 24.4 Å². The molecule has 7 nitrogen and oxygen atoms in total. The van der Waals surface area contributed by atoms with E-state index in [9.17, 15) is 14.7 Å². The number of benzene rings is 2. The molecule has 1 fully saturated rings. The Morgan fingerprint density at radius 1 is 1.12 bits per heavy atom. The van der Waals surface area contributed by atoms with Gasteiger partial charge in [0.1, 0.15) is 23.9 Å². The third-order valence-corrected chi connectivity index (χ3v) is 5.66. The van der Waals surface area contributed by atoms with E-state index in [1.807, 2.05) is 45.0 Å². The molecular weight excluding hydrogens is 432 g/mol. The highest BCUT2D eigenvalue weighted by Gasteiger charge is 2.46. The summed E-state index contributed by atoms with van der Waals surface area (Å²) in [7, 11) is 3.81. The van der Waals surface area contributed by atoms with E-state index in [4.69, 9.17) is 9.47 Å². The molecule has 7 heteroatoms. The molecule has 1 aliphatic rings. The average molecular weight is 465 g/mol. The number of Topliss-reactive ketones (excluding diaryl/α,β-unsaturated/α-hetero) is 1. The molecule has 0 aliphatic carbocycles. The molecule has 0 unspecified atom stereocenters. The van der Waals surface area contributed by atoms with Gasteiger partial charge in [-0.1, -0.05) is 24.8 Å². The quantitative estimate of drug-likeness (QED) is 0.248. The Balaban J connectivity index is 2.09. The van der Waals surface area contributed by atoms with E-state index in [0.29, 0.717) is 48.9 Å². The van der Waals surface area contributed by atoms with Crippen molar-refractivity contribution in [2.45, 2.75) is 19.9 Å². The van der Waals surface area contributed by atoms with Crippen LogP contribution < -0.4 is 9.47 Å². The summed E-state index contributed by atoms with van der Waals surface area (Å²) < 4.78 is 11.1. The van der Waals surface area contributed by atoms with Gasteiger partial charge in [0.2, 0.25) is 0 Å². The van der Waals surface area contributed by atoms with Crippen LogP contribution in [-0.2, 0) is 9.59 Å². The van der Waals surface area contributed by atoms with Crippen molar-refractivity contribution in [3.05, 3.63) is 77.4 Å². The number of likely N-dealkylation sites (N-methyl/N-ethyl adjacent to an activating group) is 1. The van der Waals surface area contributed by atoms with E-state index in [1.54, 1.807) is 36.4 Å². The normalized spacial score (nSPS) is 17.3. The highest BCUT2D eigenvalue weighted by Crippen LogP contribution is 2.40. The van der Waals surface area contributed by atoms with Gasteiger partial charge in [-0.15, -0.1) is 0 Å². The van der Waals surface area contributed by atoms with E-state index in [0.717, 1.165) is 5.56 Å². The fourth-order valence-corrected chi connectivity index (χ4v) is 3.97. The van der Waals surface area contributed by atoms with E-state index in [-0.39, 0.29) is 11.3 Å². The van der Waals surface area contributed by atoms with Gasteiger partial charge in [-0.2, -0.15) is 0 Å². The summed E-state index contributed by atoms with van der Waals surface area (Å²) in [4.78, 5) is 29.7. The summed E-state index contributed by atoms with van der Waals surface area (Å²) in [5, 5.41) is 11.3. The zero-order chi connectivity index (χ0) is 24.8. The fraction of sp³-hybridized carbons (Fsp3) is 0.333. The van der Waals surface area contributed by atoms with Crippen LogP contribution in [0.2, 0.25) is 0 Å². The first-order valence-electron chi connectivity index (χ1n) is 11.3. The Morgan fingerprint density at radius 2 is 1.79 bits per heavy atom. The van der Waals surface area contributed by atoms with Gasteiger partial charge in [0, 0.05) is 18.7 Å². The van der Waals surface area contributed by atoms with Crippen LogP contribution in [0.4, 0.5) is 0 Å². The van der Waals surface area contributed by atoms with Crippen LogP contribution in [0.15, 0.2) is 60.7 Å². The predicted octanol–water partition coefficient (Wildman–Crippen LogP) is 3.94. The molecule has 0 aromatic heterocycles. The topological polar surface area (TPSA) is 79.3 Å². The Kier molecular flexibility index (Phi) is 8.12. The SMILES string of the molecule is C=CCOc1ccc([C@@H]2C(=C(O)c3ccc(OCC)cc3C)C(=O)C(=O)N2CCN(C)C)cc1. The van der Waals surface area contributed by atoms with Crippen molar-refractivity contribution in [3.8, 4) is 11.5 Å². The monoisotopic (exact) mass is 464 g/mol. The van der Waals surface area contributed by atoms with E-state index in [2.05, 4.69) is 6.58 Å². The third-order valence-electron chi connectivity index (χ3n) is 5.66. The number of ether oxygens (including phenoxy) is 2. The smallest absolute Gasteiger partial charge is 0.295 e. The molecule has 3 rings (SSSR count). The van der Waals surface area contributed by atoms with Crippen LogP contribution in [0.5, 0.6) is 11.5 Å². The van der Waals surface area contributed by atoms with Gasteiger partial charge in [-0.3, -0.25) is 9.59 Å². The van der Waals surface area contributed by atoms with Crippen molar-refractivity contribution < 1.29 is 24.2 Å².